The van der Waals surface area contributed by atoms with Gasteiger partial charge >= 0.3 is 11.9 Å². The first-order chi connectivity index (χ1) is 19.0. The van der Waals surface area contributed by atoms with Crippen molar-refractivity contribution in [3.63, 3.8) is 0 Å². The number of benzene rings is 2. The monoisotopic (exact) mass is 570 g/mol. The number of amides is 1. The molecule has 1 saturated heterocycles. The summed E-state index contributed by atoms with van der Waals surface area (Å²) >= 11 is 0. The summed E-state index contributed by atoms with van der Waals surface area (Å²) in [6.45, 7) is 5.25. The van der Waals surface area contributed by atoms with Gasteiger partial charge in [0.2, 0.25) is 7.37 Å². The number of aryl methyl sites for hydroxylation is 1. The minimum atomic E-state index is -4.09. The first kappa shape index (κ1) is 31.4. The Morgan fingerprint density at radius 1 is 1.02 bits per heavy atom. The van der Waals surface area contributed by atoms with E-state index in [2.05, 4.69) is 10.6 Å². The van der Waals surface area contributed by atoms with Gasteiger partial charge in [0.25, 0.3) is 5.91 Å². The predicted octanol–water partition coefficient (Wildman–Crippen LogP) is 4.50. The zero-order chi connectivity index (χ0) is 29.2. The molecule has 0 aromatic heterocycles. The summed E-state index contributed by atoms with van der Waals surface area (Å²) in [6.07, 6.45) is 1.92. The van der Waals surface area contributed by atoms with Crippen LogP contribution in [0.5, 0.6) is 0 Å². The zero-order valence-corrected chi connectivity index (χ0v) is 24.3. The van der Waals surface area contributed by atoms with Crippen molar-refractivity contribution in [2.75, 3.05) is 19.3 Å². The standard InChI is InChI=1S/C30H39N2O7P/c1-30(2,3)25(33)20-38-40(37,21-27(34)39-29(36)24-17-11-19-31-24)26(18-10-14-22-12-6-4-7-13-22)32-28(35)23-15-8-5-9-16-23/h4-9,12-13,15-16,24,26,31H,10-11,14,17-21H2,1-3H3,(H,32,35)/t24-,26?,40?/m0/s1. The molecule has 10 heteroatoms. The Kier molecular flexibility index (Phi) is 11.4. The Bertz CT molecular complexity index is 1210. The van der Waals surface area contributed by atoms with Gasteiger partial charge in [0, 0.05) is 11.0 Å². The van der Waals surface area contributed by atoms with E-state index in [4.69, 9.17) is 9.26 Å². The number of Topliss-reactive ketones (excluding diaryl/α,β-unsaturated/α-hetero) is 1. The Morgan fingerprint density at radius 3 is 2.27 bits per heavy atom. The molecule has 0 aliphatic carbocycles. The van der Waals surface area contributed by atoms with Crippen molar-refractivity contribution >= 4 is 31.0 Å². The maximum absolute atomic E-state index is 14.5. The smallest absolute Gasteiger partial charge is 0.330 e. The highest BCUT2D eigenvalue weighted by Gasteiger charge is 2.40. The van der Waals surface area contributed by atoms with Gasteiger partial charge in [-0.3, -0.25) is 18.9 Å². The van der Waals surface area contributed by atoms with Crippen LogP contribution in [0.3, 0.4) is 0 Å². The van der Waals surface area contributed by atoms with Gasteiger partial charge in [-0.2, -0.15) is 0 Å². The average Bonchev–Trinajstić information content (AvgIpc) is 3.47. The van der Waals surface area contributed by atoms with E-state index in [9.17, 15) is 23.7 Å². The fourth-order valence-electron chi connectivity index (χ4n) is 4.25. The van der Waals surface area contributed by atoms with Crippen LogP contribution in [-0.4, -0.2) is 54.8 Å². The molecule has 0 spiro atoms. The number of hydrogen-bond donors (Lipinski definition) is 2. The number of carbonyl (C=O) groups is 4. The third-order valence-corrected chi connectivity index (χ3v) is 9.36. The van der Waals surface area contributed by atoms with Crippen LogP contribution < -0.4 is 10.6 Å². The van der Waals surface area contributed by atoms with E-state index >= 15 is 0 Å². The second-order valence-electron chi connectivity index (χ2n) is 11.0. The van der Waals surface area contributed by atoms with Crippen molar-refractivity contribution in [1.29, 1.82) is 0 Å². The first-order valence-electron chi connectivity index (χ1n) is 13.6. The molecule has 216 valence electrons. The molecule has 9 nitrogen and oxygen atoms in total. The van der Waals surface area contributed by atoms with Crippen molar-refractivity contribution in [2.45, 2.75) is 64.7 Å². The Labute approximate surface area is 235 Å². The Balaban J connectivity index is 1.84. The lowest BCUT2D eigenvalue weighted by molar-refractivity contribution is -0.159. The molecule has 2 aromatic carbocycles. The molecule has 1 amide bonds. The fourth-order valence-corrected chi connectivity index (χ4v) is 6.39. The third-order valence-electron chi connectivity index (χ3n) is 6.75. The lowest BCUT2D eigenvalue weighted by Gasteiger charge is -2.29. The van der Waals surface area contributed by atoms with Gasteiger partial charge in [0.05, 0.1) is 0 Å². The van der Waals surface area contributed by atoms with Crippen molar-refractivity contribution in [3.8, 4) is 0 Å². The summed E-state index contributed by atoms with van der Waals surface area (Å²) in [5, 5.41) is 5.76. The van der Waals surface area contributed by atoms with Crippen molar-refractivity contribution < 1.29 is 33.0 Å². The first-order valence-corrected chi connectivity index (χ1v) is 15.5. The molecule has 2 aromatic rings. The molecule has 3 rings (SSSR count). The van der Waals surface area contributed by atoms with Gasteiger partial charge in [-0.1, -0.05) is 69.3 Å². The van der Waals surface area contributed by atoms with Crippen LogP contribution in [0.2, 0.25) is 0 Å². The van der Waals surface area contributed by atoms with Crippen LogP contribution >= 0.6 is 7.37 Å². The zero-order valence-electron chi connectivity index (χ0n) is 23.4. The average molecular weight is 571 g/mol. The van der Waals surface area contributed by atoms with E-state index in [0.29, 0.717) is 31.4 Å². The molecule has 0 saturated carbocycles. The van der Waals surface area contributed by atoms with E-state index in [0.717, 1.165) is 12.0 Å². The molecule has 1 aliphatic heterocycles. The van der Waals surface area contributed by atoms with E-state index in [1.54, 1.807) is 51.1 Å². The molecule has 40 heavy (non-hydrogen) atoms. The minimum absolute atomic E-state index is 0.208. The fraction of sp³-hybridized carbons (Fsp3) is 0.467. The van der Waals surface area contributed by atoms with E-state index in [1.807, 2.05) is 30.3 Å². The van der Waals surface area contributed by atoms with Gasteiger partial charge in [0.15, 0.2) is 5.78 Å². The molecular formula is C30H39N2O7P. The van der Waals surface area contributed by atoms with Crippen LogP contribution in [0.15, 0.2) is 60.7 Å². The SMILES string of the molecule is CC(C)(C)C(=O)COP(=O)(CC(=O)OC(=O)[C@@H]1CCCN1)C(CCCc1ccccc1)NC(=O)c1ccccc1. The minimum Gasteiger partial charge on any atom is -0.392 e. The van der Waals surface area contributed by atoms with Crippen molar-refractivity contribution in [3.05, 3.63) is 71.8 Å². The molecule has 1 heterocycles. The summed E-state index contributed by atoms with van der Waals surface area (Å²) in [7, 11) is -4.09. The number of ketones is 1. The molecule has 1 fully saturated rings. The molecule has 1 aliphatic rings. The van der Waals surface area contributed by atoms with Crippen LogP contribution in [0.1, 0.15) is 62.4 Å². The highest BCUT2D eigenvalue weighted by molar-refractivity contribution is 7.60. The van der Waals surface area contributed by atoms with Gasteiger partial charge < -0.3 is 19.9 Å². The number of esters is 2. The van der Waals surface area contributed by atoms with E-state index < -0.39 is 55.2 Å². The lowest BCUT2D eigenvalue weighted by atomic mass is 9.91. The highest BCUT2D eigenvalue weighted by atomic mass is 31.2. The van der Waals surface area contributed by atoms with Gasteiger partial charge in [-0.05, 0) is 56.3 Å². The number of rotatable bonds is 13. The summed E-state index contributed by atoms with van der Waals surface area (Å²) in [5.41, 5.74) is 0.632. The maximum atomic E-state index is 14.5. The topological polar surface area (TPSA) is 128 Å². The van der Waals surface area contributed by atoms with Crippen LogP contribution in [0.4, 0.5) is 0 Å². The largest absolute Gasteiger partial charge is 0.392 e. The number of nitrogens with one attached hydrogen (secondary N) is 2. The predicted molar refractivity (Wildman–Crippen MR) is 152 cm³/mol. The molecule has 3 atom stereocenters. The van der Waals surface area contributed by atoms with Crippen molar-refractivity contribution in [1.82, 2.24) is 10.6 Å². The second kappa shape index (κ2) is 14.5. The number of ether oxygens (including phenoxy) is 1. The molecule has 2 N–H and O–H groups in total. The summed E-state index contributed by atoms with van der Waals surface area (Å²) in [4.78, 5) is 51.2. The van der Waals surface area contributed by atoms with E-state index in [1.165, 1.54) is 0 Å². The van der Waals surface area contributed by atoms with Crippen LogP contribution in [-0.2, 0) is 34.6 Å². The van der Waals surface area contributed by atoms with Crippen LogP contribution in [0, 0.1) is 5.41 Å². The Morgan fingerprint density at radius 2 is 1.68 bits per heavy atom. The second-order valence-corrected chi connectivity index (χ2v) is 13.7. The summed E-state index contributed by atoms with van der Waals surface area (Å²) < 4.78 is 25.2. The quantitative estimate of drug-likeness (QED) is 0.205. The Hall–Kier alpha value is -3.13. The normalized spacial score (nSPS) is 17.4. The number of hydrogen-bond acceptors (Lipinski definition) is 8. The molecule has 0 bridgehead atoms. The van der Waals surface area contributed by atoms with Gasteiger partial charge in [-0.25, -0.2) is 4.79 Å². The van der Waals surface area contributed by atoms with Gasteiger partial charge in [0.1, 0.15) is 24.6 Å². The van der Waals surface area contributed by atoms with E-state index in [-0.39, 0.29) is 12.2 Å². The molecular weight excluding hydrogens is 531 g/mol. The maximum Gasteiger partial charge on any atom is 0.330 e. The third kappa shape index (κ3) is 9.51. The summed E-state index contributed by atoms with van der Waals surface area (Å²) in [5.74, 6) is -3.66. The number of carbonyl (C=O) groups excluding carboxylic acids is 4. The van der Waals surface area contributed by atoms with Crippen LogP contribution in [0.25, 0.3) is 0 Å². The van der Waals surface area contributed by atoms with Crippen molar-refractivity contribution in [2.24, 2.45) is 5.41 Å². The highest BCUT2D eigenvalue weighted by Crippen LogP contribution is 2.53. The molecule has 0 radical (unpaired) electrons. The van der Waals surface area contributed by atoms with Gasteiger partial charge in [-0.15, -0.1) is 0 Å². The summed E-state index contributed by atoms with van der Waals surface area (Å²) in [6, 6.07) is 17.5. The lowest BCUT2D eigenvalue weighted by Crippen LogP contribution is -2.39. The molecule has 2 unspecified atom stereocenters.